The van der Waals surface area contributed by atoms with Crippen LogP contribution in [0, 0.1) is 12.8 Å². The molecule has 0 saturated carbocycles. The van der Waals surface area contributed by atoms with E-state index in [1.165, 1.54) is 22.4 Å². The molecule has 4 heterocycles. The van der Waals surface area contributed by atoms with Gasteiger partial charge in [0.15, 0.2) is 5.13 Å². The first kappa shape index (κ1) is 14.2. The van der Waals surface area contributed by atoms with E-state index in [0.29, 0.717) is 11.8 Å². The number of benzene rings is 1. The highest BCUT2D eigenvalue weighted by Crippen LogP contribution is 2.39. The Kier molecular flexibility index (Phi) is 3.07. The number of nitrogens with zero attached hydrogens (tertiary/aromatic N) is 3. The number of para-hydroxylation sites is 1. The number of piperidine rings is 1. The Labute approximate surface area is 144 Å². The lowest BCUT2D eigenvalue weighted by molar-refractivity contribution is 0.281. The number of aromatic nitrogens is 2. The molecule has 0 amide bonds. The van der Waals surface area contributed by atoms with Gasteiger partial charge in [-0.15, -0.1) is 0 Å². The van der Waals surface area contributed by atoms with E-state index < -0.39 is 0 Å². The second-order valence-electron chi connectivity index (χ2n) is 7.02. The van der Waals surface area contributed by atoms with E-state index in [9.17, 15) is 4.79 Å². The zero-order chi connectivity index (χ0) is 16.3. The summed E-state index contributed by atoms with van der Waals surface area (Å²) >= 11 is 1.79. The molecule has 2 atom stereocenters. The van der Waals surface area contributed by atoms with Crippen molar-refractivity contribution in [2.75, 3.05) is 18.0 Å². The van der Waals surface area contributed by atoms with Gasteiger partial charge in [-0.3, -0.25) is 4.79 Å². The summed E-state index contributed by atoms with van der Waals surface area (Å²) in [5.74, 6) is 0.962. The fraction of sp³-hybridized carbons (Fsp3) is 0.368. The van der Waals surface area contributed by atoms with Crippen LogP contribution in [-0.4, -0.2) is 22.6 Å². The lowest BCUT2D eigenvalue weighted by Crippen LogP contribution is -2.47. The molecule has 0 aliphatic carbocycles. The summed E-state index contributed by atoms with van der Waals surface area (Å²) in [6.45, 7) is 4.92. The lowest BCUT2D eigenvalue weighted by Gasteiger charge is -2.42. The largest absolute Gasteiger partial charge is 0.347 e. The lowest BCUT2D eigenvalue weighted by atomic mass is 9.83. The van der Waals surface area contributed by atoms with E-state index in [1.807, 2.05) is 10.6 Å². The van der Waals surface area contributed by atoms with Crippen LogP contribution in [0.5, 0.6) is 0 Å². The average Bonchev–Trinajstić information content (AvgIpc) is 3.02. The van der Waals surface area contributed by atoms with Crippen LogP contribution in [0.3, 0.4) is 0 Å². The number of rotatable bonds is 1. The highest BCUT2D eigenvalue weighted by molar-refractivity contribution is 7.22. The summed E-state index contributed by atoms with van der Waals surface area (Å²) in [5, 5.41) is 1.13. The summed E-state index contributed by atoms with van der Waals surface area (Å²) in [5.41, 5.74) is 3.71. The topological polar surface area (TPSA) is 38.1 Å². The van der Waals surface area contributed by atoms with Crippen LogP contribution < -0.4 is 10.5 Å². The Hall–Kier alpha value is -2.14. The average molecular weight is 337 g/mol. The predicted octanol–water partition coefficient (Wildman–Crippen LogP) is 3.39. The van der Waals surface area contributed by atoms with Gasteiger partial charge in [-0.25, -0.2) is 4.98 Å². The molecule has 5 rings (SSSR count). The van der Waals surface area contributed by atoms with Crippen LogP contribution >= 0.6 is 11.3 Å². The fourth-order valence-corrected chi connectivity index (χ4v) is 5.32. The van der Waals surface area contributed by atoms with Crippen molar-refractivity contribution >= 4 is 26.7 Å². The van der Waals surface area contributed by atoms with Crippen LogP contribution in [0.15, 0.2) is 41.2 Å². The Morgan fingerprint density at radius 1 is 1.12 bits per heavy atom. The van der Waals surface area contributed by atoms with Crippen molar-refractivity contribution in [3.05, 3.63) is 58.0 Å². The third-order valence-corrected chi connectivity index (χ3v) is 6.44. The molecule has 5 heteroatoms. The molecule has 1 fully saturated rings. The molecule has 24 heavy (non-hydrogen) atoms. The van der Waals surface area contributed by atoms with Gasteiger partial charge in [0.05, 0.1) is 10.2 Å². The van der Waals surface area contributed by atoms with Crippen molar-refractivity contribution < 1.29 is 0 Å². The summed E-state index contributed by atoms with van der Waals surface area (Å²) < 4.78 is 3.25. The highest BCUT2D eigenvalue weighted by Gasteiger charge is 2.35. The van der Waals surface area contributed by atoms with Crippen LogP contribution in [0.2, 0.25) is 0 Å². The summed E-state index contributed by atoms with van der Waals surface area (Å²) in [6, 6.07) is 12.1. The molecule has 2 unspecified atom stereocenters. The molecule has 1 aromatic carbocycles. The standard InChI is InChI=1S/C19H19N3OS/c1-12-4-2-6-16-18(12)20-19(24-16)21-9-13-8-14(11-21)15-5-3-7-17(23)22(15)10-13/h2-7,13-14H,8-11H2,1H3. The number of thiazole rings is 1. The smallest absolute Gasteiger partial charge is 0.250 e. The van der Waals surface area contributed by atoms with Crippen molar-refractivity contribution in [1.82, 2.24) is 9.55 Å². The fourth-order valence-electron chi connectivity index (χ4n) is 4.26. The number of hydrogen-bond donors (Lipinski definition) is 0. The van der Waals surface area contributed by atoms with Gasteiger partial charge < -0.3 is 9.47 Å². The maximum Gasteiger partial charge on any atom is 0.250 e. The summed E-state index contributed by atoms with van der Waals surface area (Å²) in [6.07, 6.45) is 1.18. The van der Waals surface area contributed by atoms with Gasteiger partial charge in [-0.05, 0) is 37.0 Å². The second kappa shape index (κ2) is 5.18. The third kappa shape index (κ3) is 2.11. The Bertz CT molecular complexity index is 990. The number of hydrogen-bond acceptors (Lipinski definition) is 4. The van der Waals surface area contributed by atoms with E-state index in [4.69, 9.17) is 4.98 Å². The van der Waals surface area contributed by atoms with E-state index in [2.05, 4.69) is 36.1 Å². The first-order valence-corrected chi connectivity index (χ1v) is 9.31. The molecule has 1 saturated heterocycles. The van der Waals surface area contributed by atoms with E-state index in [0.717, 1.165) is 30.3 Å². The molecule has 3 aromatic rings. The van der Waals surface area contributed by atoms with Crippen LogP contribution in [0.25, 0.3) is 10.2 Å². The second-order valence-corrected chi connectivity index (χ2v) is 8.03. The van der Waals surface area contributed by atoms with Gasteiger partial charge in [-0.2, -0.15) is 0 Å². The first-order chi connectivity index (χ1) is 11.7. The quantitative estimate of drug-likeness (QED) is 0.683. The molecule has 2 aliphatic rings. The minimum Gasteiger partial charge on any atom is -0.347 e. The van der Waals surface area contributed by atoms with Gasteiger partial charge in [0.25, 0.3) is 5.56 Å². The molecule has 0 N–H and O–H groups in total. The number of anilines is 1. The van der Waals surface area contributed by atoms with Gasteiger partial charge in [0, 0.05) is 37.3 Å². The monoisotopic (exact) mass is 337 g/mol. The van der Waals surface area contributed by atoms with Gasteiger partial charge >= 0.3 is 0 Å². The maximum absolute atomic E-state index is 12.1. The zero-order valence-electron chi connectivity index (χ0n) is 13.6. The predicted molar refractivity (Wildman–Crippen MR) is 98.1 cm³/mol. The number of aryl methyl sites for hydroxylation is 1. The molecule has 0 radical (unpaired) electrons. The first-order valence-electron chi connectivity index (χ1n) is 8.50. The Morgan fingerprint density at radius 2 is 2.00 bits per heavy atom. The van der Waals surface area contributed by atoms with E-state index in [-0.39, 0.29) is 5.56 Å². The molecular weight excluding hydrogens is 318 g/mol. The van der Waals surface area contributed by atoms with Crippen LogP contribution in [0.4, 0.5) is 5.13 Å². The van der Waals surface area contributed by atoms with E-state index >= 15 is 0 Å². The van der Waals surface area contributed by atoms with Gasteiger partial charge in [0.1, 0.15) is 0 Å². The number of pyridine rings is 1. The molecule has 2 aliphatic heterocycles. The zero-order valence-corrected chi connectivity index (χ0v) is 14.4. The van der Waals surface area contributed by atoms with E-state index in [1.54, 1.807) is 17.4 Å². The minimum atomic E-state index is 0.145. The molecule has 122 valence electrons. The number of fused-ring (bicyclic) bond motifs is 5. The third-order valence-electron chi connectivity index (χ3n) is 5.36. The molecule has 2 bridgehead atoms. The van der Waals surface area contributed by atoms with Crippen molar-refractivity contribution in [3.63, 3.8) is 0 Å². The van der Waals surface area contributed by atoms with Crippen LogP contribution in [0.1, 0.15) is 23.6 Å². The SMILES string of the molecule is Cc1cccc2sc(N3CC4CC(C3)c3cccc(=O)n3C4)nc12. The molecule has 0 spiro atoms. The van der Waals surface area contributed by atoms with Gasteiger partial charge in [-0.1, -0.05) is 29.5 Å². The Morgan fingerprint density at radius 3 is 2.88 bits per heavy atom. The maximum atomic E-state index is 12.1. The van der Waals surface area contributed by atoms with Gasteiger partial charge in [0.2, 0.25) is 0 Å². The molecule has 4 nitrogen and oxygen atoms in total. The minimum absolute atomic E-state index is 0.145. The highest BCUT2D eigenvalue weighted by atomic mass is 32.1. The Balaban J connectivity index is 1.53. The normalized spacial score (nSPS) is 22.6. The van der Waals surface area contributed by atoms with Crippen LogP contribution in [-0.2, 0) is 6.54 Å². The summed E-state index contributed by atoms with van der Waals surface area (Å²) in [7, 11) is 0. The van der Waals surface area contributed by atoms with Crippen molar-refractivity contribution in [3.8, 4) is 0 Å². The van der Waals surface area contributed by atoms with Crippen molar-refractivity contribution in [1.29, 1.82) is 0 Å². The summed E-state index contributed by atoms with van der Waals surface area (Å²) in [4.78, 5) is 19.5. The van der Waals surface area contributed by atoms with Crippen molar-refractivity contribution in [2.24, 2.45) is 5.92 Å². The molecular formula is C19H19N3OS. The molecule has 2 aromatic heterocycles. The van der Waals surface area contributed by atoms with Crippen molar-refractivity contribution in [2.45, 2.75) is 25.8 Å².